The largest absolute Gasteiger partial charge is 1.00 e. The van der Waals surface area contributed by atoms with Gasteiger partial charge in [0.05, 0.1) is 0 Å². The molecule has 0 rings (SSSR count). The monoisotopic (exact) mass is 166 g/mol. The van der Waals surface area contributed by atoms with E-state index in [-0.39, 0.29) is 29.6 Å². The zero-order valence-corrected chi connectivity index (χ0v) is 8.15. The second-order valence-corrected chi connectivity index (χ2v) is 1.58. The first-order valence-electron chi connectivity index (χ1n) is 2.51. The summed E-state index contributed by atoms with van der Waals surface area (Å²) < 4.78 is 0. The fraction of sp³-hybridized carbons (Fsp3) is 0.167. The van der Waals surface area contributed by atoms with Crippen LogP contribution in [0.3, 0.4) is 0 Å². The molecule has 0 aliphatic heterocycles. The van der Waals surface area contributed by atoms with Crippen LogP contribution in [0.2, 0.25) is 0 Å². The van der Waals surface area contributed by atoms with Crippen molar-refractivity contribution >= 4 is 11.9 Å². The van der Waals surface area contributed by atoms with E-state index in [4.69, 9.17) is 10.2 Å². The summed E-state index contributed by atoms with van der Waals surface area (Å²) in [4.78, 5) is 20.1. The molecule has 2 N–H and O–H groups in total. The zero-order valence-electron chi connectivity index (χ0n) is 6.15. The average Bonchev–Trinajstić information content (AvgIpc) is 1.81. The van der Waals surface area contributed by atoms with E-state index in [0.29, 0.717) is 0 Å². The SMILES string of the molecule is C=C[CH-]C(C(=O)O)C(=O)O.[Na+]. The summed E-state index contributed by atoms with van der Waals surface area (Å²) in [5, 5.41) is 16.4. The average molecular weight is 166 g/mol. The Morgan fingerprint density at radius 1 is 1.36 bits per heavy atom. The first kappa shape index (κ1) is 13.2. The van der Waals surface area contributed by atoms with Gasteiger partial charge in [-0.3, -0.25) is 9.59 Å². The summed E-state index contributed by atoms with van der Waals surface area (Å²) in [6.45, 7) is 3.18. The van der Waals surface area contributed by atoms with E-state index >= 15 is 0 Å². The van der Waals surface area contributed by atoms with Crippen molar-refractivity contribution < 1.29 is 49.4 Å². The normalized spacial score (nSPS) is 8.09. The molecule has 11 heavy (non-hydrogen) atoms. The van der Waals surface area contributed by atoms with Crippen molar-refractivity contribution in [1.29, 1.82) is 0 Å². The molecule has 0 aromatic heterocycles. The first-order valence-corrected chi connectivity index (χ1v) is 2.51. The molecular weight excluding hydrogens is 159 g/mol. The summed E-state index contributed by atoms with van der Waals surface area (Å²) in [6.07, 6.45) is 2.15. The van der Waals surface area contributed by atoms with Crippen molar-refractivity contribution in [1.82, 2.24) is 0 Å². The molecule has 0 aliphatic rings. The van der Waals surface area contributed by atoms with E-state index < -0.39 is 17.9 Å². The molecular formula is C6H7NaO4. The minimum atomic E-state index is -1.47. The van der Waals surface area contributed by atoms with Gasteiger partial charge < -0.3 is 10.2 Å². The van der Waals surface area contributed by atoms with Crippen LogP contribution in [0.1, 0.15) is 0 Å². The molecule has 0 aromatic carbocycles. The Kier molecular flexibility index (Phi) is 7.51. The second kappa shape index (κ2) is 6.27. The minimum Gasteiger partial charge on any atom is -0.481 e. The van der Waals surface area contributed by atoms with E-state index in [2.05, 4.69) is 6.58 Å². The van der Waals surface area contributed by atoms with Gasteiger partial charge in [0.15, 0.2) is 0 Å². The molecule has 0 bridgehead atoms. The topological polar surface area (TPSA) is 74.6 Å². The number of carbonyl (C=O) groups is 2. The zero-order chi connectivity index (χ0) is 8.15. The number of hydrogen-bond donors (Lipinski definition) is 2. The third-order valence-corrected chi connectivity index (χ3v) is 0.861. The molecule has 0 heterocycles. The van der Waals surface area contributed by atoms with Crippen LogP contribution in [0.4, 0.5) is 0 Å². The summed E-state index contributed by atoms with van der Waals surface area (Å²) in [5.74, 6) is -4.24. The Labute approximate surface area is 86.2 Å². The summed E-state index contributed by atoms with van der Waals surface area (Å²) in [6, 6.07) is 0. The van der Waals surface area contributed by atoms with Crippen molar-refractivity contribution in [3.63, 3.8) is 0 Å². The van der Waals surface area contributed by atoms with Crippen LogP contribution in [0, 0.1) is 12.3 Å². The van der Waals surface area contributed by atoms with Gasteiger partial charge in [0.1, 0.15) is 5.92 Å². The molecule has 0 spiro atoms. The molecule has 5 heteroatoms. The van der Waals surface area contributed by atoms with Crippen LogP contribution in [-0.4, -0.2) is 22.2 Å². The molecule has 56 valence electrons. The summed E-state index contributed by atoms with van der Waals surface area (Å²) in [7, 11) is 0. The first-order chi connectivity index (χ1) is 4.59. The van der Waals surface area contributed by atoms with Gasteiger partial charge in [-0.15, -0.1) is 0 Å². The van der Waals surface area contributed by atoms with Gasteiger partial charge in [-0.2, -0.15) is 0 Å². The van der Waals surface area contributed by atoms with Gasteiger partial charge in [0.2, 0.25) is 0 Å². The standard InChI is InChI=1S/C6H7O4.Na/c1-2-3-4(5(7)8)6(9)10;/h2-4H,1H2,(H,7,8)(H,9,10);/q-1;+1. The molecule has 0 atom stereocenters. The molecule has 0 unspecified atom stereocenters. The Hall–Kier alpha value is -0.450. The quantitative estimate of drug-likeness (QED) is 0.268. The maximum Gasteiger partial charge on any atom is 1.00 e. The van der Waals surface area contributed by atoms with E-state index in [1.165, 1.54) is 0 Å². The Morgan fingerprint density at radius 3 is 1.82 bits per heavy atom. The predicted octanol–water partition coefficient (Wildman–Crippen LogP) is -2.83. The third kappa shape index (κ3) is 4.89. The molecule has 0 saturated carbocycles. The van der Waals surface area contributed by atoms with Crippen LogP contribution in [-0.2, 0) is 9.59 Å². The van der Waals surface area contributed by atoms with Crippen LogP contribution in [0.15, 0.2) is 12.7 Å². The van der Waals surface area contributed by atoms with Crippen molar-refractivity contribution in [2.75, 3.05) is 0 Å². The van der Waals surface area contributed by atoms with E-state index in [9.17, 15) is 9.59 Å². The molecule has 0 saturated heterocycles. The van der Waals surface area contributed by atoms with Gasteiger partial charge in [-0.05, 0) is 0 Å². The maximum absolute atomic E-state index is 10.1. The number of carboxylic acids is 2. The smallest absolute Gasteiger partial charge is 0.481 e. The van der Waals surface area contributed by atoms with Crippen molar-refractivity contribution in [2.24, 2.45) is 5.92 Å². The number of rotatable bonds is 4. The summed E-state index contributed by atoms with van der Waals surface area (Å²) in [5.41, 5.74) is 0. The van der Waals surface area contributed by atoms with Gasteiger partial charge in [-0.25, -0.2) is 19.1 Å². The van der Waals surface area contributed by atoms with Crippen molar-refractivity contribution in [2.45, 2.75) is 0 Å². The van der Waals surface area contributed by atoms with E-state index in [1.807, 2.05) is 0 Å². The van der Waals surface area contributed by atoms with Crippen LogP contribution < -0.4 is 29.6 Å². The van der Waals surface area contributed by atoms with Crippen molar-refractivity contribution in [3.8, 4) is 0 Å². The van der Waals surface area contributed by atoms with E-state index in [1.54, 1.807) is 0 Å². The van der Waals surface area contributed by atoms with Gasteiger partial charge >= 0.3 is 41.5 Å². The number of carboxylic acid groups (broad SMARTS) is 2. The molecule has 4 nitrogen and oxygen atoms in total. The maximum atomic E-state index is 10.1. The fourth-order valence-corrected chi connectivity index (χ4v) is 0.406. The van der Waals surface area contributed by atoms with Crippen molar-refractivity contribution in [3.05, 3.63) is 19.1 Å². The molecule has 0 fully saturated rings. The van der Waals surface area contributed by atoms with Gasteiger partial charge in [0, 0.05) is 0 Å². The van der Waals surface area contributed by atoms with Crippen LogP contribution in [0.25, 0.3) is 0 Å². The number of hydrogen-bond acceptors (Lipinski definition) is 2. The summed E-state index contributed by atoms with van der Waals surface area (Å²) >= 11 is 0. The molecule has 0 aliphatic carbocycles. The third-order valence-electron chi connectivity index (χ3n) is 0.861. The minimum absolute atomic E-state index is 0. The Balaban J connectivity index is 0. The predicted molar refractivity (Wildman–Crippen MR) is 33.3 cm³/mol. The van der Waals surface area contributed by atoms with E-state index in [0.717, 1.165) is 12.5 Å². The molecule has 0 aromatic rings. The van der Waals surface area contributed by atoms with Gasteiger partial charge in [0.25, 0.3) is 0 Å². The van der Waals surface area contributed by atoms with Crippen LogP contribution in [0.5, 0.6) is 0 Å². The fourth-order valence-electron chi connectivity index (χ4n) is 0.406. The molecule has 0 radical (unpaired) electrons. The number of allylic oxidation sites excluding steroid dienone is 1. The number of aliphatic carboxylic acids is 2. The Morgan fingerprint density at radius 2 is 1.73 bits per heavy atom. The Bertz CT molecular complexity index is 152. The van der Waals surface area contributed by atoms with Crippen LogP contribution >= 0.6 is 0 Å². The van der Waals surface area contributed by atoms with Gasteiger partial charge in [-0.1, -0.05) is 0 Å². The molecule has 0 amide bonds. The second-order valence-electron chi connectivity index (χ2n) is 1.58.